The summed E-state index contributed by atoms with van der Waals surface area (Å²) in [5.74, 6) is 1.04. The molecule has 0 N–H and O–H groups in total. The minimum absolute atomic E-state index is 0.0496. The van der Waals surface area contributed by atoms with E-state index in [0.717, 1.165) is 4.57 Å². The Labute approximate surface area is 161 Å². The Kier molecular flexibility index (Phi) is 5.55. The number of amides is 1. The minimum atomic E-state index is -0.368. The highest BCUT2D eigenvalue weighted by Crippen LogP contribution is 2.16. The summed E-state index contributed by atoms with van der Waals surface area (Å²) in [4.78, 5) is 40.0. The number of carbonyl (C=O) groups is 1. The third-order valence-corrected chi connectivity index (χ3v) is 4.88. The first-order chi connectivity index (χ1) is 12.9. The van der Waals surface area contributed by atoms with E-state index in [2.05, 4.69) is 0 Å². The lowest BCUT2D eigenvalue weighted by molar-refractivity contribution is -0.133. The average molecular weight is 393 g/mol. The molecule has 1 aliphatic rings. The lowest BCUT2D eigenvalue weighted by atomic mass is 10.3. The number of piperazine rings is 1. The van der Waals surface area contributed by atoms with Crippen molar-refractivity contribution in [2.45, 2.75) is 0 Å². The molecule has 0 aliphatic carbocycles. The fourth-order valence-electron chi connectivity index (χ4n) is 2.98. The van der Waals surface area contributed by atoms with Crippen LogP contribution in [0.2, 0.25) is 5.02 Å². The van der Waals surface area contributed by atoms with Crippen LogP contribution in [0.15, 0.2) is 39.9 Å². The molecule has 0 saturated carbocycles. The van der Waals surface area contributed by atoms with Gasteiger partial charge in [-0.25, -0.2) is 4.79 Å². The fraction of sp³-hybridized carbons (Fsp3) is 0.389. The molecule has 1 amide bonds. The van der Waals surface area contributed by atoms with Crippen molar-refractivity contribution in [3.8, 4) is 5.75 Å². The predicted molar refractivity (Wildman–Crippen MR) is 103 cm³/mol. The molecule has 0 bridgehead atoms. The molecular weight excluding hydrogens is 372 g/mol. The third-order valence-electron chi connectivity index (χ3n) is 4.63. The van der Waals surface area contributed by atoms with Crippen LogP contribution in [0.1, 0.15) is 0 Å². The van der Waals surface area contributed by atoms with Crippen molar-refractivity contribution in [1.29, 1.82) is 0 Å². The van der Waals surface area contributed by atoms with Gasteiger partial charge >= 0.3 is 5.69 Å². The van der Waals surface area contributed by atoms with Crippen LogP contribution in [-0.2, 0) is 18.9 Å². The molecule has 1 aromatic carbocycles. The van der Waals surface area contributed by atoms with Crippen LogP contribution in [0, 0.1) is 0 Å². The smallest absolute Gasteiger partial charge is 0.332 e. The van der Waals surface area contributed by atoms with E-state index in [9.17, 15) is 14.4 Å². The van der Waals surface area contributed by atoms with E-state index >= 15 is 0 Å². The van der Waals surface area contributed by atoms with Gasteiger partial charge in [0, 0.05) is 51.4 Å². The summed E-state index contributed by atoms with van der Waals surface area (Å²) in [7, 11) is 3.08. The van der Waals surface area contributed by atoms with E-state index in [4.69, 9.17) is 16.3 Å². The van der Waals surface area contributed by atoms with Crippen LogP contribution >= 0.6 is 11.6 Å². The molecule has 27 heavy (non-hydrogen) atoms. The molecule has 0 atom stereocenters. The van der Waals surface area contributed by atoms with Crippen LogP contribution in [-0.4, -0.2) is 52.7 Å². The van der Waals surface area contributed by atoms with Gasteiger partial charge in [0.2, 0.25) is 0 Å². The molecule has 1 fully saturated rings. The van der Waals surface area contributed by atoms with E-state index in [1.807, 2.05) is 4.90 Å². The van der Waals surface area contributed by atoms with E-state index < -0.39 is 0 Å². The Morgan fingerprint density at radius 2 is 1.67 bits per heavy atom. The Morgan fingerprint density at radius 1 is 1.04 bits per heavy atom. The maximum Gasteiger partial charge on any atom is 0.332 e. The standard InChI is InChI=1S/C18H21ClN4O4/c1-20-15(11-16(24)21(2)18(20)26)22-7-9-23(10-8-22)17(25)12-27-14-5-3-13(19)4-6-14/h3-6,11H,7-10,12H2,1-2H3. The monoisotopic (exact) mass is 392 g/mol. The molecule has 0 radical (unpaired) electrons. The second-order valence-corrected chi connectivity index (χ2v) is 6.79. The number of benzene rings is 1. The van der Waals surface area contributed by atoms with Gasteiger partial charge in [-0.2, -0.15) is 0 Å². The van der Waals surface area contributed by atoms with Crippen LogP contribution in [0.5, 0.6) is 5.75 Å². The number of halogens is 1. The largest absolute Gasteiger partial charge is 0.484 e. The normalized spacial score (nSPS) is 14.3. The SMILES string of the molecule is Cn1c(N2CCN(C(=O)COc3ccc(Cl)cc3)CC2)cc(=O)n(C)c1=O. The molecule has 0 unspecified atom stereocenters. The van der Waals surface area contributed by atoms with E-state index in [1.165, 1.54) is 17.7 Å². The van der Waals surface area contributed by atoms with Crippen molar-refractivity contribution in [2.24, 2.45) is 14.1 Å². The summed E-state index contributed by atoms with van der Waals surface area (Å²) in [6, 6.07) is 8.28. The maximum atomic E-state index is 12.3. The van der Waals surface area contributed by atoms with Gasteiger partial charge < -0.3 is 14.5 Å². The summed E-state index contributed by atoms with van der Waals surface area (Å²) in [5.41, 5.74) is -0.713. The quantitative estimate of drug-likeness (QED) is 0.755. The van der Waals surface area contributed by atoms with Gasteiger partial charge in [-0.3, -0.25) is 18.7 Å². The number of ether oxygens (including phenoxy) is 1. The second kappa shape index (κ2) is 7.87. The molecule has 0 spiro atoms. The summed E-state index contributed by atoms with van der Waals surface area (Å²) in [6.07, 6.45) is 0. The van der Waals surface area contributed by atoms with Crippen LogP contribution < -0.4 is 20.9 Å². The zero-order valence-corrected chi connectivity index (χ0v) is 16.0. The zero-order chi connectivity index (χ0) is 19.6. The average Bonchev–Trinajstić information content (AvgIpc) is 2.68. The van der Waals surface area contributed by atoms with Crippen molar-refractivity contribution in [2.75, 3.05) is 37.7 Å². The van der Waals surface area contributed by atoms with Crippen molar-refractivity contribution in [1.82, 2.24) is 14.0 Å². The van der Waals surface area contributed by atoms with Crippen molar-refractivity contribution in [3.05, 3.63) is 56.2 Å². The molecule has 2 heterocycles. The number of hydrogen-bond acceptors (Lipinski definition) is 5. The summed E-state index contributed by atoms with van der Waals surface area (Å²) in [6.45, 7) is 2.00. The predicted octanol–water partition coefficient (Wildman–Crippen LogP) is 0.465. The van der Waals surface area contributed by atoms with Crippen molar-refractivity contribution in [3.63, 3.8) is 0 Å². The summed E-state index contributed by atoms with van der Waals surface area (Å²) >= 11 is 5.82. The van der Waals surface area contributed by atoms with Crippen LogP contribution in [0.4, 0.5) is 5.82 Å². The molecule has 2 aromatic rings. The highest BCUT2D eigenvalue weighted by Gasteiger charge is 2.23. The van der Waals surface area contributed by atoms with Crippen LogP contribution in [0.25, 0.3) is 0 Å². The second-order valence-electron chi connectivity index (χ2n) is 6.35. The molecule has 144 valence electrons. The Bertz CT molecular complexity index is 943. The zero-order valence-electron chi connectivity index (χ0n) is 15.2. The Balaban J connectivity index is 1.59. The number of carbonyl (C=O) groups excluding carboxylic acids is 1. The fourth-order valence-corrected chi connectivity index (χ4v) is 3.10. The van der Waals surface area contributed by atoms with E-state index in [1.54, 1.807) is 36.2 Å². The van der Waals surface area contributed by atoms with Gasteiger partial charge in [-0.05, 0) is 24.3 Å². The van der Waals surface area contributed by atoms with Crippen molar-refractivity contribution < 1.29 is 9.53 Å². The summed E-state index contributed by atoms with van der Waals surface area (Å²) < 4.78 is 8.01. The van der Waals surface area contributed by atoms with Gasteiger partial charge in [0.1, 0.15) is 11.6 Å². The Morgan fingerprint density at radius 3 is 2.30 bits per heavy atom. The topological polar surface area (TPSA) is 76.8 Å². The molecule has 3 rings (SSSR count). The van der Waals surface area contributed by atoms with Gasteiger partial charge in [0.05, 0.1) is 0 Å². The highest BCUT2D eigenvalue weighted by molar-refractivity contribution is 6.30. The van der Waals surface area contributed by atoms with Gasteiger partial charge in [-0.15, -0.1) is 0 Å². The number of aromatic nitrogens is 2. The molecule has 1 aliphatic heterocycles. The van der Waals surface area contributed by atoms with Gasteiger partial charge in [0.25, 0.3) is 11.5 Å². The maximum absolute atomic E-state index is 12.3. The van der Waals surface area contributed by atoms with Crippen LogP contribution in [0.3, 0.4) is 0 Å². The van der Waals surface area contributed by atoms with Gasteiger partial charge in [-0.1, -0.05) is 11.6 Å². The molecule has 1 saturated heterocycles. The third kappa shape index (κ3) is 4.16. The van der Waals surface area contributed by atoms with Crippen molar-refractivity contribution >= 4 is 23.3 Å². The number of hydrogen-bond donors (Lipinski definition) is 0. The first-order valence-corrected chi connectivity index (χ1v) is 8.93. The summed E-state index contributed by atoms with van der Waals surface area (Å²) in [5, 5.41) is 0.606. The highest BCUT2D eigenvalue weighted by atomic mass is 35.5. The van der Waals surface area contributed by atoms with E-state index in [-0.39, 0.29) is 23.8 Å². The Hall–Kier alpha value is -2.74. The minimum Gasteiger partial charge on any atom is -0.484 e. The molecular formula is C18H21ClN4O4. The number of anilines is 1. The first kappa shape index (κ1) is 19.0. The molecule has 8 nitrogen and oxygen atoms in total. The lowest BCUT2D eigenvalue weighted by Gasteiger charge is -2.36. The molecule has 1 aromatic heterocycles. The van der Waals surface area contributed by atoms with Gasteiger partial charge in [0.15, 0.2) is 6.61 Å². The first-order valence-electron chi connectivity index (χ1n) is 8.55. The number of nitrogens with zero attached hydrogens (tertiary/aromatic N) is 4. The van der Waals surface area contributed by atoms with E-state index in [0.29, 0.717) is 42.8 Å². The number of rotatable bonds is 4. The lowest BCUT2D eigenvalue weighted by Crippen LogP contribution is -2.51. The molecule has 9 heteroatoms.